The molecule has 0 spiro atoms. The molecule has 1 N–H and O–H groups in total. The van der Waals surface area contributed by atoms with Gasteiger partial charge in [-0.3, -0.25) is 4.79 Å². The summed E-state index contributed by atoms with van der Waals surface area (Å²) < 4.78 is 49.5. The fraction of sp³-hybridized carbons (Fsp3) is 0.667. The summed E-state index contributed by atoms with van der Waals surface area (Å²) in [6.07, 6.45) is 3.00. The molecule has 3 fully saturated rings. The Bertz CT molecular complexity index is 758. The highest BCUT2D eigenvalue weighted by atomic mass is 19.4. The average molecular weight is 460 g/mol. The van der Waals surface area contributed by atoms with Gasteiger partial charge in [-0.2, -0.15) is 13.2 Å². The maximum atomic E-state index is 12.7. The van der Waals surface area contributed by atoms with Crippen molar-refractivity contribution in [2.75, 3.05) is 19.8 Å². The minimum absolute atomic E-state index is 0.0535. The second kappa shape index (κ2) is 11.0. The molecule has 32 heavy (non-hydrogen) atoms. The number of aromatic nitrogens is 1. The number of likely N-dealkylation sites (tertiary alicyclic amines) is 1. The molecule has 4 rings (SSSR count). The summed E-state index contributed by atoms with van der Waals surface area (Å²) in [7, 11) is 0. The molecule has 3 atom stereocenters. The molecule has 1 aliphatic carbocycles. The second-order valence-electron chi connectivity index (χ2n) is 7.91. The molecule has 178 valence electrons. The highest BCUT2D eigenvalue weighted by Crippen LogP contribution is 2.31. The summed E-state index contributed by atoms with van der Waals surface area (Å²) in [4.78, 5) is 27.7. The van der Waals surface area contributed by atoms with Crippen LogP contribution >= 0.6 is 0 Å². The Labute approximate surface area is 183 Å². The van der Waals surface area contributed by atoms with Gasteiger partial charge in [-0.1, -0.05) is 18.9 Å². The molecule has 1 aromatic rings. The van der Waals surface area contributed by atoms with Crippen LogP contribution in [-0.4, -0.2) is 77.2 Å². The lowest BCUT2D eigenvalue weighted by molar-refractivity contribution is -0.192. The zero-order valence-electron chi connectivity index (χ0n) is 17.5. The first-order valence-corrected chi connectivity index (χ1v) is 10.7. The summed E-state index contributed by atoms with van der Waals surface area (Å²) in [6.45, 7) is 1.55. The predicted octanol–water partition coefficient (Wildman–Crippen LogP) is 2.81. The van der Waals surface area contributed by atoms with Crippen molar-refractivity contribution in [1.29, 1.82) is 0 Å². The molecule has 2 saturated heterocycles. The van der Waals surface area contributed by atoms with Crippen LogP contribution in [0.15, 0.2) is 24.4 Å². The lowest BCUT2D eigenvalue weighted by Crippen LogP contribution is -2.57. The molecule has 2 aliphatic heterocycles. The minimum atomic E-state index is -5.08. The molecule has 0 bridgehead atoms. The SMILES string of the molecule is O=C(COC1CCCC1)N1CC[C@@H](Oc2ccccn2)[C@H]2OCC[C@@H]21.O=C(O)C(F)(F)F. The standard InChI is InChI=1S/C19H26N2O4.C2HF3O2/c22-18(13-24-14-5-1-2-6-14)21-11-8-16(19-15(21)9-12-23-19)25-17-7-3-4-10-20-17;3-2(4,5)1(6)7/h3-4,7,10,14-16,19H,1-2,5-6,8-9,11-13H2;(H,6,7)/t15-,16+,19-;/m0./s1. The number of carboxylic acids is 1. The van der Waals surface area contributed by atoms with Gasteiger partial charge in [0.05, 0.1) is 12.1 Å². The summed E-state index contributed by atoms with van der Waals surface area (Å²) >= 11 is 0. The van der Waals surface area contributed by atoms with Crippen molar-refractivity contribution in [2.45, 2.75) is 69.1 Å². The van der Waals surface area contributed by atoms with E-state index in [0.717, 1.165) is 25.7 Å². The van der Waals surface area contributed by atoms with Gasteiger partial charge in [0, 0.05) is 31.8 Å². The molecule has 8 nitrogen and oxygen atoms in total. The quantitative estimate of drug-likeness (QED) is 0.722. The minimum Gasteiger partial charge on any atom is -0.475 e. The zero-order chi connectivity index (χ0) is 23.1. The molecule has 0 radical (unpaired) electrons. The summed E-state index contributed by atoms with van der Waals surface area (Å²) in [6, 6.07) is 5.72. The lowest BCUT2D eigenvalue weighted by atomic mass is 9.95. The number of carboxylic acid groups (broad SMARTS) is 1. The van der Waals surface area contributed by atoms with Crippen molar-refractivity contribution in [3.05, 3.63) is 24.4 Å². The van der Waals surface area contributed by atoms with Crippen LogP contribution in [0.25, 0.3) is 0 Å². The lowest BCUT2D eigenvalue weighted by Gasteiger charge is -2.41. The van der Waals surface area contributed by atoms with E-state index < -0.39 is 12.1 Å². The van der Waals surface area contributed by atoms with Crippen molar-refractivity contribution in [2.24, 2.45) is 0 Å². The monoisotopic (exact) mass is 460 g/mol. The van der Waals surface area contributed by atoms with E-state index in [1.165, 1.54) is 12.8 Å². The Hall–Kier alpha value is -2.40. The number of carbonyl (C=O) groups is 2. The molecular formula is C21H27F3N2O6. The smallest absolute Gasteiger partial charge is 0.475 e. The van der Waals surface area contributed by atoms with Crippen molar-refractivity contribution in [3.8, 4) is 5.88 Å². The number of alkyl halides is 3. The number of nitrogens with zero attached hydrogens (tertiary/aromatic N) is 2. The van der Waals surface area contributed by atoms with Gasteiger partial charge in [0.15, 0.2) is 0 Å². The maximum Gasteiger partial charge on any atom is 0.490 e. The first-order chi connectivity index (χ1) is 15.3. The van der Waals surface area contributed by atoms with Crippen LogP contribution < -0.4 is 4.74 Å². The number of piperidine rings is 1. The Morgan fingerprint density at radius 1 is 1.19 bits per heavy atom. The molecule has 1 amide bonds. The summed E-state index contributed by atoms with van der Waals surface area (Å²) in [5.41, 5.74) is 0. The fourth-order valence-corrected chi connectivity index (χ4v) is 4.22. The van der Waals surface area contributed by atoms with Gasteiger partial charge >= 0.3 is 12.1 Å². The largest absolute Gasteiger partial charge is 0.490 e. The van der Waals surface area contributed by atoms with Crippen LogP contribution in [0.1, 0.15) is 38.5 Å². The number of halogens is 3. The van der Waals surface area contributed by atoms with Crippen LogP contribution in [0.4, 0.5) is 13.2 Å². The maximum absolute atomic E-state index is 12.7. The van der Waals surface area contributed by atoms with E-state index >= 15 is 0 Å². The van der Waals surface area contributed by atoms with E-state index in [0.29, 0.717) is 19.0 Å². The Balaban J connectivity index is 0.000000360. The van der Waals surface area contributed by atoms with Gasteiger partial charge in [-0.15, -0.1) is 0 Å². The van der Waals surface area contributed by atoms with Crippen molar-refractivity contribution < 1.29 is 42.1 Å². The van der Waals surface area contributed by atoms with E-state index in [-0.39, 0.29) is 36.9 Å². The van der Waals surface area contributed by atoms with E-state index in [1.54, 1.807) is 6.20 Å². The van der Waals surface area contributed by atoms with Crippen LogP contribution in [0.2, 0.25) is 0 Å². The normalized spacial score (nSPS) is 25.6. The predicted molar refractivity (Wildman–Crippen MR) is 105 cm³/mol. The fourth-order valence-electron chi connectivity index (χ4n) is 4.22. The van der Waals surface area contributed by atoms with Crippen molar-refractivity contribution in [1.82, 2.24) is 9.88 Å². The number of ether oxygens (including phenoxy) is 3. The molecule has 3 heterocycles. The van der Waals surface area contributed by atoms with E-state index in [9.17, 15) is 18.0 Å². The topological polar surface area (TPSA) is 98.2 Å². The molecule has 0 aromatic carbocycles. The molecule has 1 aromatic heterocycles. The summed E-state index contributed by atoms with van der Waals surface area (Å²) in [5.74, 6) is -2.05. The Morgan fingerprint density at radius 3 is 2.53 bits per heavy atom. The number of rotatable bonds is 5. The number of amides is 1. The number of carbonyl (C=O) groups excluding carboxylic acids is 1. The third-order valence-electron chi connectivity index (χ3n) is 5.74. The van der Waals surface area contributed by atoms with Crippen LogP contribution in [0.5, 0.6) is 5.88 Å². The Kier molecular flexibility index (Phi) is 8.30. The van der Waals surface area contributed by atoms with Gasteiger partial charge < -0.3 is 24.2 Å². The number of pyridine rings is 1. The van der Waals surface area contributed by atoms with Gasteiger partial charge in [0.25, 0.3) is 0 Å². The zero-order valence-corrected chi connectivity index (χ0v) is 17.5. The number of hydrogen-bond donors (Lipinski definition) is 1. The number of aliphatic carboxylic acids is 1. The third kappa shape index (κ3) is 6.55. The highest BCUT2D eigenvalue weighted by molar-refractivity contribution is 5.78. The average Bonchev–Trinajstić information content (AvgIpc) is 3.45. The molecule has 0 unspecified atom stereocenters. The third-order valence-corrected chi connectivity index (χ3v) is 5.74. The highest BCUT2D eigenvalue weighted by Gasteiger charge is 2.45. The number of fused-ring (bicyclic) bond motifs is 1. The van der Waals surface area contributed by atoms with E-state index in [1.807, 2.05) is 23.1 Å². The summed E-state index contributed by atoms with van der Waals surface area (Å²) in [5, 5.41) is 7.12. The van der Waals surface area contributed by atoms with Crippen LogP contribution in [-0.2, 0) is 19.1 Å². The van der Waals surface area contributed by atoms with Crippen molar-refractivity contribution >= 4 is 11.9 Å². The molecule has 3 aliphatic rings. The van der Waals surface area contributed by atoms with E-state index in [2.05, 4.69) is 4.98 Å². The number of hydrogen-bond acceptors (Lipinski definition) is 6. The molecule has 1 saturated carbocycles. The van der Waals surface area contributed by atoms with Gasteiger partial charge in [-0.05, 0) is 25.3 Å². The molecule has 11 heteroatoms. The van der Waals surface area contributed by atoms with Crippen molar-refractivity contribution in [3.63, 3.8) is 0 Å². The van der Waals surface area contributed by atoms with E-state index in [4.69, 9.17) is 24.1 Å². The van der Waals surface area contributed by atoms with Crippen LogP contribution in [0.3, 0.4) is 0 Å². The van der Waals surface area contributed by atoms with Gasteiger partial charge in [-0.25, -0.2) is 9.78 Å². The Morgan fingerprint density at radius 2 is 1.91 bits per heavy atom. The van der Waals surface area contributed by atoms with Gasteiger partial charge in [0.2, 0.25) is 11.8 Å². The molecular weight excluding hydrogens is 433 g/mol. The first kappa shape index (κ1) is 24.2. The van der Waals surface area contributed by atoms with Gasteiger partial charge in [0.1, 0.15) is 18.8 Å². The van der Waals surface area contributed by atoms with Crippen LogP contribution in [0, 0.1) is 0 Å². The second-order valence-corrected chi connectivity index (χ2v) is 7.91. The first-order valence-electron chi connectivity index (χ1n) is 10.7.